The first-order chi connectivity index (χ1) is 12.0. The number of ketones is 1. The number of benzene rings is 2. The minimum Gasteiger partial charge on any atom is -0.327 e. The summed E-state index contributed by atoms with van der Waals surface area (Å²) in [6.45, 7) is 1.84. The third kappa shape index (κ3) is 3.28. The first-order valence-corrected chi connectivity index (χ1v) is 7.92. The smallest absolute Gasteiger partial charge is 0.244 e. The van der Waals surface area contributed by atoms with Crippen LogP contribution in [0, 0.1) is 11.7 Å². The molecule has 25 heavy (non-hydrogen) atoms. The maximum atomic E-state index is 13.7. The highest BCUT2D eigenvalue weighted by Crippen LogP contribution is 2.25. The predicted octanol–water partition coefficient (Wildman–Crippen LogP) is 2.38. The number of Topliss-reactive ketones (excluding diaryl/α,β-unsaturated/α-hetero) is 1. The van der Waals surface area contributed by atoms with E-state index in [-0.39, 0.29) is 12.2 Å². The van der Waals surface area contributed by atoms with Crippen LogP contribution in [-0.4, -0.2) is 28.5 Å². The number of amides is 2. The molecule has 1 aliphatic rings. The summed E-state index contributed by atoms with van der Waals surface area (Å²) >= 11 is 0. The lowest BCUT2D eigenvalue weighted by Crippen LogP contribution is -2.34. The van der Waals surface area contributed by atoms with Crippen molar-refractivity contribution >= 4 is 23.3 Å². The molecule has 5 nitrogen and oxygen atoms in total. The number of carbonyl (C=O) groups is 3. The van der Waals surface area contributed by atoms with Crippen molar-refractivity contribution in [3.05, 3.63) is 66.0 Å². The van der Waals surface area contributed by atoms with Gasteiger partial charge in [-0.2, -0.15) is 0 Å². The highest BCUT2D eigenvalue weighted by molar-refractivity contribution is 6.26. The summed E-state index contributed by atoms with van der Waals surface area (Å²) in [5.74, 6) is -3.91. The maximum absolute atomic E-state index is 13.7. The van der Waals surface area contributed by atoms with Gasteiger partial charge in [0, 0.05) is 6.54 Å². The molecule has 0 saturated carbocycles. The van der Waals surface area contributed by atoms with Crippen LogP contribution in [0.15, 0.2) is 54.6 Å². The second-order valence-corrected chi connectivity index (χ2v) is 5.93. The van der Waals surface area contributed by atoms with Crippen molar-refractivity contribution in [1.29, 1.82) is 0 Å². The zero-order valence-electron chi connectivity index (χ0n) is 13.6. The Hall–Kier alpha value is -3.02. The minimum atomic E-state index is -1.45. The van der Waals surface area contributed by atoms with Crippen LogP contribution in [0.3, 0.4) is 0 Å². The average Bonchev–Trinajstić information content (AvgIpc) is 2.81. The number of carbonyl (C=O) groups excluding carboxylic acids is 3. The molecule has 0 spiro atoms. The van der Waals surface area contributed by atoms with Gasteiger partial charge in [-0.25, -0.2) is 4.39 Å². The number of para-hydroxylation sites is 1. The molecule has 2 aromatic carbocycles. The Kier molecular flexibility index (Phi) is 4.61. The molecule has 2 atom stereocenters. The molecule has 128 valence electrons. The predicted molar refractivity (Wildman–Crippen MR) is 90.0 cm³/mol. The Morgan fingerprint density at radius 3 is 2.40 bits per heavy atom. The van der Waals surface area contributed by atoms with Gasteiger partial charge in [0.15, 0.2) is 11.7 Å². The van der Waals surface area contributed by atoms with E-state index in [0.29, 0.717) is 0 Å². The summed E-state index contributed by atoms with van der Waals surface area (Å²) in [6, 6.07) is 14.1. The highest BCUT2D eigenvalue weighted by Gasteiger charge is 2.48. The molecule has 2 amide bonds. The van der Waals surface area contributed by atoms with Gasteiger partial charge < -0.3 is 10.2 Å². The molecular formula is C19H17FN2O3. The molecular weight excluding hydrogens is 323 g/mol. The van der Waals surface area contributed by atoms with Crippen LogP contribution in [0.1, 0.15) is 12.5 Å². The number of nitrogens with one attached hydrogen (secondary N) is 1. The fourth-order valence-electron chi connectivity index (χ4n) is 2.88. The second kappa shape index (κ2) is 6.84. The van der Waals surface area contributed by atoms with Crippen molar-refractivity contribution in [2.45, 2.75) is 19.5 Å². The molecule has 3 rings (SSSR count). The molecule has 0 unspecified atom stereocenters. The number of hydrogen-bond donors (Lipinski definition) is 1. The van der Waals surface area contributed by atoms with Crippen LogP contribution in [0.2, 0.25) is 0 Å². The topological polar surface area (TPSA) is 66.5 Å². The fourth-order valence-corrected chi connectivity index (χ4v) is 2.88. The van der Waals surface area contributed by atoms with Crippen molar-refractivity contribution in [2.75, 3.05) is 5.32 Å². The van der Waals surface area contributed by atoms with Crippen LogP contribution in [0.5, 0.6) is 0 Å². The summed E-state index contributed by atoms with van der Waals surface area (Å²) in [5, 5.41) is 2.34. The Morgan fingerprint density at radius 1 is 1.08 bits per heavy atom. The SMILES string of the molecule is C[C@@H]1C(=O)[C@@H](C(=O)Nc2ccccc2F)C(=O)N1Cc1ccccc1. The molecule has 1 N–H and O–H groups in total. The summed E-state index contributed by atoms with van der Waals surface area (Å²) in [4.78, 5) is 38.8. The molecule has 2 aromatic rings. The Balaban J connectivity index is 1.78. The van der Waals surface area contributed by atoms with Gasteiger partial charge >= 0.3 is 0 Å². The maximum Gasteiger partial charge on any atom is 0.244 e. The van der Waals surface area contributed by atoms with Gasteiger partial charge in [0.05, 0.1) is 11.7 Å². The first-order valence-electron chi connectivity index (χ1n) is 7.92. The normalized spacial score (nSPS) is 20.0. The van der Waals surface area contributed by atoms with Crippen molar-refractivity contribution < 1.29 is 18.8 Å². The zero-order chi connectivity index (χ0) is 18.0. The van der Waals surface area contributed by atoms with Crippen LogP contribution < -0.4 is 5.32 Å². The Bertz CT molecular complexity index is 822. The first kappa shape index (κ1) is 16.8. The summed E-state index contributed by atoms with van der Waals surface area (Å²) in [5.41, 5.74) is 0.813. The number of hydrogen-bond acceptors (Lipinski definition) is 3. The van der Waals surface area contributed by atoms with Gasteiger partial charge in [-0.1, -0.05) is 42.5 Å². The lowest BCUT2D eigenvalue weighted by molar-refractivity contribution is -0.138. The number of likely N-dealkylation sites (tertiary alicyclic amines) is 1. The largest absolute Gasteiger partial charge is 0.327 e. The summed E-state index contributed by atoms with van der Waals surface area (Å²) in [7, 11) is 0. The molecule has 0 aliphatic carbocycles. The van der Waals surface area contributed by atoms with Crippen LogP contribution >= 0.6 is 0 Å². The fraction of sp³-hybridized carbons (Fsp3) is 0.211. The van der Waals surface area contributed by atoms with Crippen LogP contribution in [0.4, 0.5) is 10.1 Å². The number of anilines is 1. The van der Waals surface area contributed by atoms with Gasteiger partial charge in [-0.15, -0.1) is 0 Å². The zero-order valence-corrected chi connectivity index (χ0v) is 13.6. The average molecular weight is 340 g/mol. The monoisotopic (exact) mass is 340 g/mol. The van der Waals surface area contributed by atoms with E-state index >= 15 is 0 Å². The van der Waals surface area contributed by atoms with Gasteiger partial charge in [0.25, 0.3) is 0 Å². The number of halogens is 1. The van der Waals surface area contributed by atoms with E-state index in [0.717, 1.165) is 5.56 Å². The van der Waals surface area contributed by atoms with E-state index in [1.807, 2.05) is 30.3 Å². The molecule has 1 aliphatic heterocycles. The molecule has 1 fully saturated rings. The van der Waals surface area contributed by atoms with E-state index in [2.05, 4.69) is 5.32 Å². The molecule has 1 saturated heterocycles. The van der Waals surface area contributed by atoms with Crippen molar-refractivity contribution in [3.8, 4) is 0 Å². The molecule has 0 bridgehead atoms. The number of nitrogens with zero attached hydrogens (tertiary/aromatic N) is 1. The standard InChI is InChI=1S/C19H17FN2O3/c1-12-17(23)16(18(24)21-15-10-6-5-9-14(15)20)19(25)22(12)11-13-7-3-2-4-8-13/h2-10,12,16H,11H2,1H3,(H,21,24)/t12-,16+/m1/s1. The lowest BCUT2D eigenvalue weighted by atomic mass is 10.0. The Morgan fingerprint density at radius 2 is 1.72 bits per heavy atom. The van der Waals surface area contributed by atoms with E-state index in [1.54, 1.807) is 13.0 Å². The van der Waals surface area contributed by atoms with E-state index in [9.17, 15) is 18.8 Å². The third-order valence-corrected chi connectivity index (χ3v) is 4.28. The molecule has 6 heteroatoms. The summed E-state index contributed by atoms with van der Waals surface area (Å²) < 4.78 is 13.7. The highest BCUT2D eigenvalue weighted by atomic mass is 19.1. The van der Waals surface area contributed by atoms with E-state index in [4.69, 9.17) is 0 Å². The van der Waals surface area contributed by atoms with E-state index < -0.39 is 35.4 Å². The second-order valence-electron chi connectivity index (χ2n) is 5.93. The molecule has 0 radical (unpaired) electrons. The Labute approximate surface area is 144 Å². The van der Waals surface area contributed by atoms with Gasteiger partial charge in [-0.05, 0) is 24.6 Å². The molecule has 0 aromatic heterocycles. The van der Waals surface area contributed by atoms with Crippen molar-refractivity contribution in [2.24, 2.45) is 5.92 Å². The van der Waals surface area contributed by atoms with E-state index in [1.165, 1.54) is 23.1 Å². The van der Waals surface area contributed by atoms with Gasteiger partial charge in [0.2, 0.25) is 11.8 Å². The van der Waals surface area contributed by atoms with Crippen LogP contribution in [0.25, 0.3) is 0 Å². The van der Waals surface area contributed by atoms with Crippen molar-refractivity contribution in [1.82, 2.24) is 4.90 Å². The minimum absolute atomic E-state index is 0.0535. The summed E-state index contributed by atoms with van der Waals surface area (Å²) in [6.07, 6.45) is 0. The van der Waals surface area contributed by atoms with Crippen LogP contribution in [-0.2, 0) is 20.9 Å². The van der Waals surface area contributed by atoms with Gasteiger partial charge in [-0.3, -0.25) is 14.4 Å². The van der Waals surface area contributed by atoms with Gasteiger partial charge in [0.1, 0.15) is 5.82 Å². The quantitative estimate of drug-likeness (QED) is 0.869. The number of rotatable bonds is 4. The lowest BCUT2D eigenvalue weighted by Gasteiger charge is -2.20. The van der Waals surface area contributed by atoms with Crippen molar-refractivity contribution in [3.63, 3.8) is 0 Å². The third-order valence-electron chi connectivity index (χ3n) is 4.28. The molecule has 1 heterocycles.